The van der Waals surface area contributed by atoms with Crippen LogP contribution < -0.4 is 4.90 Å². The number of anilines is 1. The molecule has 1 amide bonds. The summed E-state index contributed by atoms with van der Waals surface area (Å²) >= 11 is 6.31. The minimum absolute atomic E-state index is 0.0151. The molecule has 0 unspecified atom stereocenters. The average Bonchev–Trinajstić information content (AvgIpc) is 3.27. The average molecular weight is 317 g/mol. The zero-order valence-corrected chi connectivity index (χ0v) is 13.0. The number of para-hydroxylation sites is 1. The first kappa shape index (κ1) is 13.8. The number of carbonyl (C=O) groups excluding carboxylic acids is 1. The number of amides is 1. The van der Waals surface area contributed by atoms with Gasteiger partial charge in [-0.1, -0.05) is 28.9 Å². The lowest BCUT2D eigenvalue weighted by Gasteiger charge is -2.30. The van der Waals surface area contributed by atoms with Gasteiger partial charge in [0, 0.05) is 18.7 Å². The first-order valence-electron chi connectivity index (χ1n) is 7.70. The van der Waals surface area contributed by atoms with Crippen molar-refractivity contribution in [2.24, 2.45) is 0 Å². The van der Waals surface area contributed by atoms with Gasteiger partial charge in [0.1, 0.15) is 6.54 Å². The fourth-order valence-electron chi connectivity index (χ4n) is 3.03. The smallest absolute Gasteiger partial charge is 0.248 e. The Balaban J connectivity index is 1.55. The van der Waals surface area contributed by atoms with Crippen LogP contribution in [0.2, 0.25) is 5.02 Å². The Morgan fingerprint density at radius 3 is 3.05 bits per heavy atom. The third-order valence-electron chi connectivity index (χ3n) is 4.32. The predicted molar refractivity (Wildman–Crippen MR) is 84.1 cm³/mol. The molecule has 0 saturated heterocycles. The standard InChI is InChI=1S/C16H17ClN4O/c17-13-5-1-3-12-4-2-8-21(16(12)13)15(22)10-20-9-14(18-19-20)11-6-7-11/h1,3,5,9,11H,2,4,6-8,10H2. The lowest BCUT2D eigenvalue weighted by molar-refractivity contribution is -0.119. The Kier molecular flexibility index (Phi) is 3.37. The van der Waals surface area contributed by atoms with E-state index in [1.165, 1.54) is 12.8 Å². The molecule has 0 N–H and O–H groups in total. The summed E-state index contributed by atoms with van der Waals surface area (Å²) in [6.07, 6.45) is 6.19. The zero-order valence-electron chi connectivity index (χ0n) is 12.2. The van der Waals surface area contributed by atoms with Gasteiger partial charge in [0.25, 0.3) is 0 Å². The SMILES string of the molecule is O=C(Cn1cc(C2CC2)nn1)N1CCCc2cccc(Cl)c21. The number of hydrogen-bond donors (Lipinski definition) is 0. The first-order chi connectivity index (χ1) is 10.7. The van der Waals surface area contributed by atoms with Gasteiger partial charge in [-0.15, -0.1) is 5.10 Å². The molecular weight excluding hydrogens is 300 g/mol. The van der Waals surface area contributed by atoms with Gasteiger partial charge in [-0.25, -0.2) is 4.68 Å². The molecule has 1 aromatic carbocycles. The minimum Gasteiger partial charge on any atom is -0.309 e. The monoisotopic (exact) mass is 316 g/mol. The molecule has 1 fully saturated rings. The van der Waals surface area contributed by atoms with E-state index in [4.69, 9.17) is 11.6 Å². The minimum atomic E-state index is 0.0151. The highest BCUT2D eigenvalue weighted by Crippen LogP contribution is 2.38. The van der Waals surface area contributed by atoms with E-state index in [1.807, 2.05) is 24.4 Å². The number of nitrogens with zero attached hydrogens (tertiary/aromatic N) is 4. The lowest BCUT2D eigenvalue weighted by Crippen LogP contribution is -2.38. The summed E-state index contributed by atoms with van der Waals surface area (Å²) < 4.78 is 1.64. The van der Waals surface area contributed by atoms with Gasteiger partial charge in [0.2, 0.25) is 5.91 Å². The second-order valence-electron chi connectivity index (χ2n) is 6.01. The molecule has 1 aliphatic heterocycles. The molecule has 5 nitrogen and oxygen atoms in total. The molecule has 4 rings (SSSR count). The van der Waals surface area contributed by atoms with Gasteiger partial charge in [-0.05, 0) is 37.3 Å². The van der Waals surface area contributed by atoms with Crippen LogP contribution in [0.1, 0.15) is 36.4 Å². The molecule has 6 heteroatoms. The van der Waals surface area contributed by atoms with E-state index in [0.29, 0.717) is 17.5 Å². The molecule has 114 valence electrons. The van der Waals surface area contributed by atoms with Gasteiger partial charge < -0.3 is 4.90 Å². The molecule has 2 heterocycles. The molecule has 2 aromatic rings. The molecule has 1 aliphatic carbocycles. The summed E-state index contributed by atoms with van der Waals surface area (Å²) in [5.74, 6) is 0.565. The number of fused-ring (bicyclic) bond motifs is 1. The summed E-state index contributed by atoms with van der Waals surface area (Å²) in [6.45, 7) is 0.921. The van der Waals surface area contributed by atoms with Gasteiger partial charge in [-0.2, -0.15) is 0 Å². The maximum absolute atomic E-state index is 12.7. The van der Waals surface area contributed by atoms with E-state index >= 15 is 0 Å². The Labute approximate surface area is 133 Å². The number of benzene rings is 1. The summed E-state index contributed by atoms with van der Waals surface area (Å²) in [6, 6.07) is 5.82. The number of carbonyl (C=O) groups is 1. The Bertz CT molecular complexity index is 723. The topological polar surface area (TPSA) is 51.0 Å². The van der Waals surface area contributed by atoms with Crippen LogP contribution in [0.3, 0.4) is 0 Å². The maximum atomic E-state index is 12.7. The lowest BCUT2D eigenvalue weighted by atomic mass is 10.0. The highest BCUT2D eigenvalue weighted by atomic mass is 35.5. The summed E-state index contributed by atoms with van der Waals surface area (Å²) in [5, 5.41) is 8.87. The molecule has 0 bridgehead atoms. The van der Waals surface area contributed by atoms with Gasteiger partial charge in [0.05, 0.1) is 16.4 Å². The second kappa shape index (κ2) is 5.39. The number of hydrogen-bond acceptors (Lipinski definition) is 3. The molecule has 0 atom stereocenters. The number of rotatable bonds is 3. The van der Waals surface area contributed by atoms with Crippen molar-refractivity contribution in [1.82, 2.24) is 15.0 Å². The quantitative estimate of drug-likeness (QED) is 0.875. The van der Waals surface area contributed by atoms with Crippen molar-refractivity contribution in [3.05, 3.63) is 40.7 Å². The van der Waals surface area contributed by atoms with E-state index in [1.54, 1.807) is 9.58 Å². The van der Waals surface area contributed by atoms with Gasteiger partial charge in [-0.3, -0.25) is 4.79 Å². The molecule has 2 aliphatic rings. The van der Waals surface area contributed by atoms with Crippen LogP contribution in [-0.2, 0) is 17.8 Å². The van der Waals surface area contributed by atoms with E-state index in [0.717, 1.165) is 29.8 Å². The highest BCUT2D eigenvalue weighted by molar-refractivity contribution is 6.34. The molecule has 22 heavy (non-hydrogen) atoms. The zero-order chi connectivity index (χ0) is 15.1. The largest absolute Gasteiger partial charge is 0.309 e. The number of halogens is 1. The van der Waals surface area contributed by atoms with Crippen LogP contribution >= 0.6 is 11.6 Å². The summed E-state index contributed by atoms with van der Waals surface area (Å²) in [7, 11) is 0. The molecule has 0 spiro atoms. The van der Waals surface area contributed by atoms with Crippen molar-refractivity contribution in [3.63, 3.8) is 0 Å². The van der Waals surface area contributed by atoms with Crippen LogP contribution in [0.5, 0.6) is 0 Å². The molecular formula is C16H17ClN4O. The van der Waals surface area contributed by atoms with Gasteiger partial charge >= 0.3 is 0 Å². The number of aryl methyl sites for hydroxylation is 1. The Morgan fingerprint density at radius 1 is 1.36 bits per heavy atom. The molecule has 1 saturated carbocycles. The molecule has 0 radical (unpaired) electrons. The highest BCUT2D eigenvalue weighted by Gasteiger charge is 2.28. The third kappa shape index (κ3) is 2.50. The molecule has 1 aromatic heterocycles. The van der Waals surface area contributed by atoms with Crippen molar-refractivity contribution < 1.29 is 4.79 Å². The number of aromatic nitrogens is 3. The van der Waals surface area contributed by atoms with E-state index in [-0.39, 0.29) is 12.5 Å². The second-order valence-corrected chi connectivity index (χ2v) is 6.42. The third-order valence-corrected chi connectivity index (χ3v) is 4.62. The fourth-order valence-corrected chi connectivity index (χ4v) is 3.33. The normalized spacial score (nSPS) is 17.4. The summed E-state index contributed by atoms with van der Waals surface area (Å²) in [5.41, 5.74) is 3.01. The Morgan fingerprint density at radius 2 is 2.23 bits per heavy atom. The van der Waals surface area contributed by atoms with Crippen LogP contribution in [0, 0.1) is 0 Å². The maximum Gasteiger partial charge on any atom is 0.248 e. The van der Waals surface area contributed by atoms with E-state index < -0.39 is 0 Å². The van der Waals surface area contributed by atoms with Crippen LogP contribution in [0.4, 0.5) is 5.69 Å². The van der Waals surface area contributed by atoms with Crippen molar-refractivity contribution in [1.29, 1.82) is 0 Å². The Hall–Kier alpha value is -1.88. The van der Waals surface area contributed by atoms with Crippen molar-refractivity contribution >= 4 is 23.2 Å². The van der Waals surface area contributed by atoms with Crippen molar-refractivity contribution in [2.45, 2.75) is 38.1 Å². The van der Waals surface area contributed by atoms with Crippen LogP contribution in [0.15, 0.2) is 24.4 Å². The van der Waals surface area contributed by atoms with Gasteiger partial charge in [0.15, 0.2) is 0 Å². The predicted octanol–water partition coefficient (Wildman–Crippen LogP) is 2.79. The first-order valence-corrected chi connectivity index (χ1v) is 8.08. The fraction of sp³-hybridized carbons (Fsp3) is 0.438. The van der Waals surface area contributed by atoms with Crippen LogP contribution in [-0.4, -0.2) is 27.4 Å². The van der Waals surface area contributed by atoms with Crippen molar-refractivity contribution in [2.75, 3.05) is 11.4 Å². The van der Waals surface area contributed by atoms with Crippen molar-refractivity contribution in [3.8, 4) is 0 Å². The van der Waals surface area contributed by atoms with E-state index in [2.05, 4.69) is 10.3 Å². The summed E-state index contributed by atoms with van der Waals surface area (Å²) in [4.78, 5) is 14.4. The van der Waals surface area contributed by atoms with E-state index in [9.17, 15) is 4.79 Å². The van der Waals surface area contributed by atoms with Crippen LogP contribution in [0.25, 0.3) is 0 Å².